The van der Waals surface area contributed by atoms with Gasteiger partial charge in [0.25, 0.3) is 0 Å². The molecular formula is C16H21NO2. The normalized spacial score (nSPS) is 37.7. The molecule has 0 saturated carbocycles. The molecule has 3 heterocycles. The fourth-order valence-corrected chi connectivity index (χ4v) is 4.16. The first-order valence-electron chi connectivity index (χ1n) is 7.46. The molecule has 1 aromatic carbocycles. The Morgan fingerprint density at radius 1 is 1.21 bits per heavy atom. The Hall–Kier alpha value is -1.06. The second-order valence-corrected chi connectivity index (χ2v) is 6.33. The van der Waals surface area contributed by atoms with Crippen molar-refractivity contribution in [3.63, 3.8) is 0 Å². The average Bonchev–Trinajstić information content (AvgIpc) is 2.85. The van der Waals surface area contributed by atoms with Crippen LogP contribution in [0.5, 0.6) is 5.75 Å². The van der Waals surface area contributed by atoms with Crippen LogP contribution in [0.25, 0.3) is 0 Å². The van der Waals surface area contributed by atoms with Gasteiger partial charge in [0.15, 0.2) is 0 Å². The largest absolute Gasteiger partial charge is 0.487 e. The monoisotopic (exact) mass is 259 g/mol. The van der Waals surface area contributed by atoms with Gasteiger partial charge in [0.1, 0.15) is 11.4 Å². The summed E-state index contributed by atoms with van der Waals surface area (Å²) in [5.41, 5.74) is 0.834. The van der Waals surface area contributed by atoms with Gasteiger partial charge in [0.2, 0.25) is 0 Å². The van der Waals surface area contributed by atoms with E-state index in [0.717, 1.165) is 37.1 Å². The van der Waals surface area contributed by atoms with Crippen LogP contribution in [0.2, 0.25) is 0 Å². The van der Waals surface area contributed by atoms with Crippen molar-refractivity contribution < 1.29 is 9.84 Å². The number of aliphatic hydroxyl groups is 1. The molecule has 0 amide bonds. The number of aliphatic hydroxyl groups excluding tert-OH is 1. The van der Waals surface area contributed by atoms with Crippen LogP contribution in [0.4, 0.5) is 0 Å². The molecule has 3 heteroatoms. The van der Waals surface area contributed by atoms with Crippen molar-refractivity contribution in [3.8, 4) is 5.75 Å². The predicted molar refractivity (Wildman–Crippen MR) is 73.2 cm³/mol. The fraction of sp³-hybridized carbons (Fsp3) is 0.625. The van der Waals surface area contributed by atoms with Crippen molar-refractivity contribution in [2.45, 2.75) is 49.9 Å². The van der Waals surface area contributed by atoms with Gasteiger partial charge in [-0.1, -0.05) is 18.2 Å². The lowest BCUT2D eigenvalue weighted by Gasteiger charge is -2.47. The molecule has 2 fully saturated rings. The van der Waals surface area contributed by atoms with Gasteiger partial charge in [-0.2, -0.15) is 0 Å². The van der Waals surface area contributed by atoms with Crippen LogP contribution in [0.15, 0.2) is 24.3 Å². The van der Waals surface area contributed by atoms with Crippen LogP contribution in [0, 0.1) is 0 Å². The minimum Gasteiger partial charge on any atom is -0.487 e. The second-order valence-electron chi connectivity index (χ2n) is 6.33. The van der Waals surface area contributed by atoms with Crippen molar-refractivity contribution in [1.29, 1.82) is 0 Å². The summed E-state index contributed by atoms with van der Waals surface area (Å²) in [7, 11) is 0. The van der Waals surface area contributed by atoms with Gasteiger partial charge in [0, 0.05) is 31.0 Å². The van der Waals surface area contributed by atoms with Gasteiger partial charge in [0.05, 0.1) is 6.10 Å². The van der Waals surface area contributed by atoms with E-state index in [1.165, 1.54) is 19.4 Å². The van der Waals surface area contributed by atoms with E-state index in [0.29, 0.717) is 6.04 Å². The molecule has 1 spiro atoms. The lowest BCUT2D eigenvalue weighted by molar-refractivity contribution is -0.0645. The van der Waals surface area contributed by atoms with Gasteiger partial charge in [-0.25, -0.2) is 0 Å². The zero-order chi connectivity index (χ0) is 12.9. The molecule has 3 aliphatic heterocycles. The minimum atomic E-state index is -0.363. The van der Waals surface area contributed by atoms with Crippen molar-refractivity contribution in [2.24, 2.45) is 0 Å². The standard InChI is InChI=1S/C16H21NO2/c18-14-11-16(19-15-6-2-1-5-13(14)15)7-9-17-8-3-4-12(17)10-16/h1-2,5-6,12,14,18H,3-4,7-11H2. The number of piperidine rings is 1. The van der Waals surface area contributed by atoms with Crippen LogP contribution in [-0.4, -0.2) is 34.7 Å². The molecule has 0 aromatic heterocycles. The summed E-state index contributed by atoms with van der Waals surface area (Å²) >= 11 is 0. The van der Waals surface area contributed by atoms with E-state index in [4.69, 9.17) is 4.74 Å². The van der Waals surface area contributed by atoms with Gasteiger partial charge in [-0.15, -0.1) is 0 Å². The Labute approximate surface area is 114 Å². The Bertz CT molecular complexity index is 489. The third-order valence-corrected chi connectivity index (χ3v) is 5.13. The van der Waals surface area contributed by atoms with Crippen LogP contribution < -0.4 is 4.74 Å². The first kappa shape index (κ1) is 11.7. The summed E-state index contributed by atoms with van der Waals surface area (Å²) in [6, 6.07) is 8.63. The molecule has 0 bridgehead atoms. The Kier molecular flexibility index (Phi) is 2.61. The maximum atomic E-state index is 10.4. The summed E-state index contributed by atoms with van der Waals surface area (Å²) in [6.07, 6.45) is 5.14. The molecule has 0 aliphatic carbocycles. The van der Waals surface area contributed by atoms with Crippen LogP contribution in [0.1, 0.15) is 43.8 Å². The number of benzene rings is 1. The number of fused-ring (bicyclic) bond motifs is 2. The molecule has 1 N–H and O–H groups in total. The Morgan fingerprint density at radius 2 is 2.11 bits per heavy atom. The smallest absolute Gasteiger partial charge is 0.125 e. The Morgan fingerprint density at radius 3 is 3.05 bits per heavy atom. The summed E-state index contributed by atoms with van der Waals surface area (Å²) in [5, 5.41) is 10.4. The lowest BCUT2D eigenvalue weighted by Crippen LogP contribution is -2.52. The third kappa shape index (κ3) is 1.87. The zero-order valence-electron chi connectivity index (χ0n) is 11.2. The van der Waals surface area contributed by atoms with Crippen molar-refractivity contribution in [3.05, 3.63) is 29.8 Å². The van der Waals surface area contributed by atoms with E-state index >= 15 is 0 Å². The first-order valence-corrected chi connectivity index (χ1v) is 7.46. The van der Waals surface area contributed by atoms with E-state index < -0.39 is 0 Å². The van der Waals surface area contributed by atoms with Gasteiger partial charge < -0.3 is 14.7 Å². The molecule has 2 saturated heterocycles. The second kappa shape index (κ2) is 4.22. The highest BCUT2D eigenvalue weighted by atomic mass is 16.5. The quantitative estimate of drug-likeness (QED) is 0.777. The number of ether oxygens (including phenoxy) is 1. The maximum absolute atomic E-state index is 10.4. The van der Waals surface area contributed by atoms with E-state index in [1.807, 2.05) is 24.3 Å². The lowest BCUT2D eigenvalue weighted by atomic mass is 9.79. The summed E-state index contributed by atoms with van der Waals surface area (Å²) in [4.78, 5) is 2.60. The maximum Gasteiger partial charge on any atom is 0.125 e. The number of nitrogens with zero attached hydrogens (tertiary/aromatic N) is 1. The van der Waals surface area contributed by atoms with Gasteiger partial charge in [-0.05, 0) is 31.9 Å². The number of hydrogen-bond acceptors (Lipinski definition) is 3. The van der Waals surface area contributed by atoms with Crippen LogP contribution >= 0.6 is 0 Å². The SMILES string of the molecule is OC1CC2(CCN3CCCC3C2)Oc2ccccc21. The highest BCUT2D eigenvalue weighted by Gasteiger charge is 2.47. The molecule has 0 radical (unpaired) electrons. The third-order valence-electron chi connectivity index (χ3n) is 5.13. The van der Waals surface area contributed by atoms with Crippen LogP contribution in [0.3, 0.4) is 0 Å². The first-order chi connectivity index (χ1) is 9.26. The molecular weight excluding hydrogens is 238 g/mol. The zero-order valence-corrected chi connectivity index (χ0v) is 11.2. The van der Waals surface area contributed by atoms with Crippen LogP contribution in [-0.2, 0) is 0 Å². The highest BCUT2D eigenvalue weighted by Crippen LogP contribution is 2.46. The van der Waals surface area contributed by atoms with Gasteiger partial charge in [-0.3, -0.25) is 0 Å². The highest BCUT2D eigenvalue weighted by molar-refractivity contribution is 5.38. The van der Waals surface area contributed by atoms with E-state index in [1.54, 1.807) is 0 Å². The predicted octanol–water partition coefficient (Wildman–Crippen LogP) is 2.50. The van der Waals surface area contributed by atoms with Crippen molar-refractivity contribution >= 4 is 0 Å². The molecule has 3 nitrogen and oxygen atoms in total. The average molecular weight is 259 g/mol. The topological polar surface area (TPSA) is 32.7 Å². The molecule has 1 aromatic rings. The van der Waals surface area contributed by atoms with E-state index in [9.17, 15) is 5.11 Å². The van der Waals surface area contributed by atoms with E-state index in [-0.39, 0.29) is 11.7 Å². The van der Waals surface area contributed by atoms with Crippen molar-refractivity contribution in [2.75, 3.05) is 13.1 Å². The molecule has 102 valence electrons. The van der Waals surface area contributed by atoms with Crippen molar-refractivity contribution in [1.82, 2.24) is 4.90 Å². The molecule has 3 unspecified atom stereocenters. The van der Waals surface area contributed by atoms with E-state index in [2.05, 4.69) is 4.90 Å². The molecule has 4 rings (SSSR count). The summed E-state index contributed by atoms with van der Waals surface area (Å²) < 4.78 is 6.35. The van der Waals surface area contributed by atoms with Gasteiger partial charge >= 0.3 is 0 Å². The fourth-order valence-electron chi connectivity index (χ4n) is 4.16. The number of hydrogen-bond donors (Lipinski definition) is 1. The summed E-state index contributed by atoms with van der Waals surface area (Å²) in [5.74, 6) is 0.896. The minimum absolute atomic E-state index is 0.126. The Balaban J connectivity index is 1.63. The molecule has 3 aliphatic rings. The number of rotatable bonds is 0. The number of para-hydroxylation sites is 1. The summed E-state index contributed by atoms with van der Waals surface area (Å²) in [6.45, 7) is 2.37. The molecule has 19 heavy (non-hydrogen) atoms. The molecule has 3 atom stereocenters.